The summed E-state index contributed by atoms with van der Waals surface area (Å²) in [5.74, 6) is -0.303. The second-order valence-electron chi connectivity index (χ2n) is 3.25. The number of aliphatic imine (C=N–C) groups is 1. The van der Waals surface area contributed by atoms with Crippen LogP contribution in [-0.4, -0.2) is 10.8 Å². The Morgan fingerprint density at radius 3 is 2.67 bits per heavy atom. The molecule has 0 aliphatic heterocycles. The van der Waals surface area contributed by atoms with Crippen molar-refractivity contribution in [1.29, 1.82) is 0 Å². The monoisotopic (exact) mass is 202 g/mol. The lowest BCUT2D eigenvalue weighted by Crippen LogP contribution is -1.92. The van der Waals surface area contributed by atoms with Gasteiger partial charge in [-0.25, -0.2) is 4.39 Å². The van der Waals surface area contributed by atoms with Crippen LogP contribution in [0.2, 0.25) is 0 Å². The molecule has 1 heterocycles. The van der Waals surface area contributed by atoms with E-state index in [4.69, 9.17) is 0 Å². The summed E-state index contributed by atoms with van der Waals surface area (Å²) in [6.07, 6.45) is 3.57. The van der Waals surface area contributed by atoms with Crippen LogP contribution in [0, 0.1) is 5.82 Å². The maximum atomic E-state index is 13.2. The van der Waals surface area contributed by atoms with Crippen molar-refractivity contribution in [1.82, 2.24) is 4.57 Å². The lowest BCUT2D eigenvalue weighted by atomic mass is 10.3. The molecule has 0 spiro atoms. The van der Waals surface area contributed by atoms with Crippen LogP contribution in [0.25, 0.3) is 0 Å². The lowest BCUT2D eigenvalue weighted by Gasteiger charge is -1.96. The molecule has 0 radical (unpaired) electrons. The van der Waals surface area contributed by atoms with Crippen molar-refractivity contribution >= 4 is 11.9 Å². The van der Waals surface area contributed by atoms with Gasteiger partial charge in [0.2, 0.25) is 0 Å². The maximum absolute atomic E-state index is 13.2. The van der Waals surface area contributed by atoms with Crippen LogP contribution in [0.4, 0.5) is 10.1 Å². The van der Waals surface area contributed by atoms with E-state index in [2.05, 4.69) is 4.99 Å². The van der Waals surface area contributed by atoms with Crippen molar-refractivity contribution in [3.63, 3.8) is 0 Å². The average molecular weight is 202 g/mol. The van der Waals surface area contributed by atoms with E-state index in [0.29, 0.717) is 5.69 Å². The van der Waals surface area contributed by atoms with Crippen LogP contribution >= 0.6 is 0 Å². The molecular weight excluding hydrogens is 191 g/mol. The molecule has 0 N–H and O–H groups in total. The van der Waals surface area contributed by atoms with E-state index in [0.717, 1.165) is 5.69 Å². The number of hydrogen-bond donors (Lipinski definition) is 0. The Balaban J connectivity index is 2.26. The SMILES string of the molecule is Cn1cccc1C=Nc1ccccc1F. The van der Waals surface area contributed by atoms with E-state index in [1.54, 1.807) is 24.4 Å². The molecule has 2 nitrogen and oxygen atoms in total. The van der Waals surface area contributed by atoms with Crippen LogP contribution < -0.4 is 0 Å². The number of rotatable bonds is 2. The molecule has 1 aromatic heterocycles. The molecular formula is C12H11FN2. The number of aromatic nitrogens is 1. The third kappa shape index (κ3) is 2.13. The minimum atomic E-state index is -0.303. The second-order valence-corrected chi connectivity index (χ2v) is 3.25. The Morgan fingerprint density at radius 2 is 2.00 bits per heavy atom. The van der Waals surface area contributed by atoms with Gasteiger partial charge in [0.05, 0.1) is 17.6 Å². The van der Waals surface area contributed by atoms with Gasteiger partial charge in [-0.2, -0.15) is 0 Å². The standard InChI is InChI=1S/C12H11FN2/c1-15-8-4-5-10(15)9-14-12-7-3-2-6-11(12)13/h2-9H,1H3. The summed E-state index contributed by atoms with van der Waals surface area (Å²) in [5.41, 5.74) is 1.30. The van der Waals surface area contributed by atoms with E-state index in [1.807, 2.05) is 29.9 Å². The third-order valence-electron chi connectivity index (χ3n) is 2.17. The number of halogens is 1. The van der Waals surface area contributed by atoms with Crippen molar-refractivity contribution in [2.45, 2.75) is 0 Å². The summed E-state index contributed by atoms with van der Waals surface area (Å²) >= 11 is 0. The molecule has 0 aliphatic carbocycles. The van der Waals surface area contributed by atoms with Crippen LogP contribution in [0.5, 0.6) is 0 Å². The predicted octanol–water partition coefficient (Wildman–Crippen LogP) is 2.91. The Morgan fingerprint density at radius 1 is 1.20 bits per heavy atom. The van der Waals surface area contributed by atoms with E-state index in [9.17, 15) is 4.39 Å². The molecule has 0 saturated heterocycles. The van der Waals surface area contributed by atoms with Gasteiger partial charge in [-0.1, -0.05) is 12.1 Å². The van der Waals surface area contributed by atoms with Gasteiger partial charge in [0.25, 0.3) is 0 Å². The zero-order valence-corrected chi connectivity index (χ0v) is 8.39. The molecule has 2 aromatic rings. The highest BCUT2D eigenvalue weighted by Gasteiger charge is 1.97. The van der Waals surface area contributed by atoms with Gasteiger partial charge in [-0.3, -0.25) is 4.99 Å². The summed E-state index contributed by atoms with van der Waals surface area (Å²) in [6.45, 7) is 0. The molecule has 0 unspecified atom stereocenters. The van der Waals surface area contributed by atoms with E-state index in [-0.39, 0.29) is 5.82 Å². The first-order valence-corrected chi connectivity index (χ1v) is 4.67. The Labute approximate surface area is 87.7 Å². The number of nitrogens with zero attached hydrogens (tertiary/aromatic N) is 2. The van der Waals surface area contributed by atoms with Crippen molar-refractivity contribution in [2.24, 2.45) is 12.0 Å². The van der Waals surface area contributed by atoms with Gasteiger partial charge in [-0.15, -0.1) is 0 Å². The highest BCUT2D eigenvalue weighted by atomic mass is 19.1. The zero-order valence-electron chi connectivity index (χ0n) is 8.39. The summed E-state index contributed by atoms with van der Waals surface area (Å²) in [7, 11) is 1.92. The molecule has 0 atom stereocenters. The fraction of sp³-hybridized carbons (Fsp3) is 0.0833. The highest BCUT2D eigenvalue weighted by Crippen LogP contribution is 2.15. The first-order chi connectivity index (χ1) is 7.27. The Hall–Kier alpha value is -1.90. The molecule has 0 saturated carbocycles. The fourth-order valence-electron chi connectivity index (χ4n) is 1.30. The van der Waals surface area contributed by atoms with Crippen molar-refractivity contribution in [3.8, 4) is 0 Å². The number of para-hydroxylation sites is 1. The number of aryl methyl sites for hydroxylation is 1. The van der Waals surface area contributed by atoms with Crippen LogP contribution in [0.1, 0.15) is 5.69 Å². The fourth-order valence-corrected chi connectivity index (χ4v) is 1.30. The van der Waals surface area contributed by atoms with Gasteiger partial charge >= 0.3 is 0 Å². The summed E-state index contributed by atoms with van der Waals surface area (Å²) < 4.78 is 15.1. The van der Waals surface area contributed by atoms with Gasteiger partial charge in [0, 0.05) is 13.2 Å². The summed E-state index contributed by atoms with van der Waals surface area (Å²) in [6, 6.07) is 10.3. The van der Waals surface area contributed by atoms with Gasteiger partial charge in [0.15, 0.2) is 0 Å². The van der Waals surface area contributed by atoms with Gasteiger partial charge < -0.3 is 4.57 Å². The largest absolute Gasteiger partial charge is 0.350 e. The zero-order chi connectivity index (χ0) is 10.7. The molecule has 1 aromatic carbocycles. The van der Waals surface area contributed by atoms with Crippen molar-refractivity contribution in [2.75, 3.05) is 0 Å². The smallest absolute Gasteiger partial charge is 0.148 e. The van der Waals surface area contributed by atoms with Gasteiger partial charge in [0.1, 0.15) is 5.82 Å². The molecule has 0 bridgehead atoms. The van der Waals surface area contributed by atoms with E-state index < -0.39 is 0 Å². The molecule has 2 rings (SSSR count). The number of benzene rings is 1. The first kappa shape index (κ1) is 9.65. The van der Waals surface area contributed by atoms with E-state index >= 15 is 0 Å². The Kier molecular flexibility index (Phi) is 2.63. The molecule has 15 heavy (non-hydrogen) atoms. The van der Waals surface area contributed by atoms with Crippen molar-refractivity contribution < 1.29 is 4.39 Å². The normalized spacial score (nSPS) is 11.1. The summed E-state index contributed by atoms with van der Waals surface area (Å²) in [5, 5.41) is 0. The lowest BCUT2D eigenvalue weighted by molar-refractivity contribution is 0.630. The van der Waals surface area contributed by atoms with Crippen LogP contribution in [-0.2, 0) is 7.05 Å². The molecule has 0 amide bonds. The Bertz CT molecular complexity index is 486. The third-order valence-corrected chi connectivity index (χ3v) is 2.17. The minimum Gasteiger partial charge on any atom is -0.350 e. The average Bonchev–Trinajstić information content (AvgIpc) is 2.63. The summed E-state index contributed by atoms with van der Waals surface area (Å²) in [4.78, 5) is 4.09. The second kappa shape index (κ2) is 4.09. The highest BCUT2D eigenvalue weighted by molar-refractivity contribution is 5.80. The number of hydrogen-bond acceptors (Lipinski definition) is 1. The predicted molar refractivity (Wildman–Crippen MR) is 59.1 cm³/mol. The quantitative estimate of drug-likeness (QED) is 0.666. The first-order valence-electron chi connectivity index (χ1n) is 4.67. The molecule has 3 heteroatoms. The molecule has 0 aliphatic rings. The maximum Gasteiger partial charge on any atom is 0.148 e. The molecule has 76 valence electrons. The van der Waals surface area contributed by atoms with Gasteiger partial charge in [-0.05, 0) is 24.3 Å². The van der Waals surface area contributed by atoms with Crippen molar-refractivity contribution in [3.05, 3.63) is 54.1 Å². The minimum absolute atomic E-state index is 0.303. The topological polar surface area (TPSA) is 17.3 Å². The van der Waals surface area contributed by atoms with Crippen LogP contribution in [0.15, 0.2) is 47.6 Å². The van der Waals surface area contributed by atoms with Crippen LogP contribution in [0.3, 0.4) is 0 Å². The van der Waals surface area contributed by atoms with E-state index in [1.165, 1.54) is 6.07 Å². The molecule has 0 fully saturated rings.